The summed E-state index contributed by atoms with van der Waals surface area (Å²) in [5.41, 5.74) is 6.52. The molecule has 0 radical (unpaired) electrons. The van der Waals surface area contributed by atoms with E-state index in [0.29, 0.717) is 30.2 Å². The number of carbonyl (C=O) groups is 1. The molecule has 0 fully saturated rings. The summed E-state index contributed by atoms with van der Waals surface area (Å²) in [6.45, 7) is 0.938. The van der Waals surface area contributed by atoms with Crippen LogP contribution in [-0.2, 0) is 4.74 Å². The third-order valence-electron chi connectivity index (χ3n) is 2.05. The maximum Gasteiger partial charge on any atom is 0.253 e. The van der Waals surface area contributed by atoms with Gasteiger partial charge in [0.2, 0.25) is 0 Å². The zero-order chi connectivity index (χ0) is 12.0. The Labute approximate surface area is 94.5 Å². The summed E-state index contributed by atoms with van der Waals surface area (Å²) >= 11 is 0. The Morgan fingerprint density at radius 2 is 2.19 bits per heavy atom. The first kappa shape index (κ1) is 12.3. The van der Waals surface area contributed by atoms with Gasteiger partial charge in [0.05, 0.1) is 12.2 Å². The minimum Gasteiger partial charge on any atom is -0.491 e. The number of rotatable bonds is 5. The van der Waals surface area contributed by atoms with Gasteiger partial charge < -0.3 is 20.5 Å². The van der Waals surface area contributed by atoms with Gasteiger partial charge in [0.15, 0.2) is 0 Å². The summed E-state index contributed by atoms with van der Waals surface area (Å²) in [7, 11) is 3.16. The average molecular weight is 224 g/mol. The predicted octanol–water partition coefficient (Wildman–Crippen LogP) is 0.654. The van der Waals surface area contributed by atoms with Crippen molar-refractivity contribution in [1.29, 1.82) is 0 Å². The van der Waals surface area contributed by atoms with Crippen LogP contribution >= 0.6 is 0 Å². The van der Waals surface area contributed by atoms with E-state index in [-0.39, 0.29) is 5.91 Å². The Bertz CT molecular complexity index is 366. The molecule has 1 amide bonds. The van der Waals surface area contributed by atoms with Crippen LogP contribution in [-0.4, -0.2) is 33.3 Å². The second-order valence-electron chi connectivity index (χ2n) is 3.17. The van der Waals surface area contributed by atoms with Gasteiger partial charge >= 0.3 is 0 Å². The first-order valence-electron chi connectivity index (χ1n) is 4.92. The Morgan fingerprint density at radius 1 is 1.44 bits per heavy atom. The van der Waals surface area contributed by atoms with E-state index >= 15 is 0 Å². The topological polar surface area (TPSA) is 73.6 Å². The fourth-order valence-corrected chi connectivity index (χ4v) is 1.20. The highest BCUT2D eigenvalue weighted by atomic mass is 16.5. The van der Waals surface area contributed by atoms with Crippen molar-refractivity contribution in [3.05, 3.63) is 23.8 Å². The fraction of sp³-hybridized carbons (Fsp3) is 0.364. The number of ether oxygens (including phenoxy) is 2. The molecule has 1 aromatic carbocycles. The Morgan fingerprint density at radius 3 is 2.81 bits per heavy atom. The van der Waals surface area contributed by atoms with E-state index in [4.69, 9.17) is 15.2 Å². The van der Waals surface area contributed by atoms with Crippen LogP contribution in [0, 0.1) is 0 Å². The van der Waals surface area contributed by atoms with Gasteiger partial charge in [0.1, 0.15) is 12.4 Å². The quantitative estimate of drug-likeness (QED) is 0.569. The number of hydrogen-bond acceptors (Lipinski definition) is 4. The SMILES string of the molecule is CNC(=O)c1cc(OCCOC)ccc1N. The van der Waals surface area contributed by atoms with E-state index in [0.717, 1.165) is 0 Å². The molecule has 5 nitrogen and oxygen atoms in total. The van der Waals surface area contributed by atoms with Gasteiger partial charge in [0, 0.05) is 19.8 Å². The molecule has 0 aliphatic heterocycles. The van der Waals surface area contributed by atoms with Crippen molar-refractivity contribution in [3.8, 4) is 5.75 Å². The van der Waals surface area contributed by atoms with E-state index in [1.165, 1.54) is 0 Å². The lowest BCUT2D eigenvalue weighted by atomic mass is 10.1. The molecule has 0 saturated heterocycles. The van der Waals surface area contributed by atoms with Crippen LogP contribution in [0.2, 0.25) is 0 Å². The van der Waals surface area contributed by atoms with Crippen LogP contribution in [0.4, 0.5) is 5.69 Å². The summed E-state index contributed by atoms with van der Waals surface area (Å²) in [4.78, 5) is 11.4. The van der Waals surface area contributed by atoms with Gasteiger partial charge in [-0.2, -0.15) is 0 Å². The zero-order valence-corrected chi connectivity index (χ0v) is 9.45. The van der Waals surface area contributed by atoms with Crippen molar-refractivity contribution in [3.63, 3.8) is 0 Å². The average Bonchev–Trinajstić information content (AvgIpc) is 2.30. The van der Waals surface area contributed by atoms with E-state index < -0.39 is 0 Å². The highest BCUT2D eigenvalue weighted by Crippen LogP contribution is 2.19. The highest BCUT2D eigenvalue weighted by Gasteiger charge is 2.09. The Balaban J connectivity index is 2.77. The molecule has 16 heavy (non-hydrogen) atoms. The lowest BCUT2D eigenvalue weighted by Gasteiger charge is -2.09. The van der Waals surface area contributed by atoms with Crippen molar-refractivity contribution in [2.75, 3.05) is 33.1 Å². The van der Waals surface area contributed by atoms with Gasteiger partial charge in [-0.05, 0) is 18.2 Å². The number of carbonyl (C=O) groups excluding carboxylic acids is 1. The molecule has 3 N–H and O–H groups in total. The summed E-state index contributed by atoms with van der Waals surface area (Å²) in [6.07, 6.45) is 0. The first-order valence-corrected chi connectivity index (χ1v) is 4.92. The number of nitrogens with one attached hydrogen (secondary N) is 1. The van der Waals surface area contributed by atoms with Crippen LogP contribution in [0.3, 0.4) is 0 Å². The summed E-state index contributed by atoms with van der Waals surface area (Å²) < 4.78 is 10.2. The van der Waals surface area contributed by atoms with Gasteiger partial charge in [-0.1, -0.05) is 0 Å². The third-order valence-corrected chi connectivity index (χ3v) is 2.05. The summed E-state index contributed by atoms with van der Waals surface area (Å²) in [5.74, 6) is 0.375. The molecule has 0 bridgehead atoms. The molecule has 0 saturated carbocycles. The monoisotopic (exact) mass is 224 g/mol. The van der Waals surface area contributed by atoms with Crippen LogP contribution in [0.15, 0.2) is 18.2 Å². The van der Waals surface area contributed by atoms with Crippen molar-refractivity contribution < 1.29 is 14.3 Å². The van der Waals surface area contributed by atoms with Crippen LogP contribution in [0.5, 0.6) is 5.75 Å². The van der Waals surface area contributed by atoms with Gasteiger partial charge in [-0.3, -0.25) is 4.79 Å². The molecule has 0 atom stereocenters. The molecule has 0 aliphatic rings. The zero-order valence-electron chi connectivity index (χ0n) is 9.45. The lowest BCUT2D eigenvalue weighted by molar-refractivity contribution is 0.0963. The number of nitrogen functional groups attached to an aromatic ring is 1. The van der Waals surface area contributed by atoms with E-state index in [2.05, 4.69) is 5.32 Å². The molecule has 1 aromatic rings. The Kier molecular flexibility index (Phi) is 4.60. The number of hydrogen-bond donors (Lipinski definition) is 2. The van der Waals surface area contributed by atoms with Crippen LogP contribution < -0.4 is 15.8 Å². The second-order valence-corrected chi connectivity index (χ2v) is 3.17. The largest absolute Gasteiger partial charge is 0.491 e. The summed E-state index contributed by atoms with van der Waals surface area (Å²) in [5, 5.41) is 2.52. The second kappa shape index (κ2) is 5.97. The fourth-order valence-electron chi connectivity index (χ4n) is 1.20. The van der Waals surface area contributed by atoms with Crippen LogP contribution in [0.25, 0.3) is 0 Å². The van der Waals surface area contributed by atoms with Crippen molar-refractivity contribution in [2.24, 2.45) is 0 Å². The van der Waals surface area contributed by atoms with E-state index in [1.54, 1.807) is 32.4 Å². The number of methoxy groups -OCH3 is 1. The van der Waals surface area contributed by atoms with Gasteiger partial charge in [-0.25, -0.2) is 0 Å². The molecule has 0 spiro atoms. The van der Waals surface area contributed by atoms with Crippen molar-refractivity contribution in [1.82, 2.24) is 5.32 Å². The number of anilines is 1. The van der Waals surface area contributed by atoms with E-state index in [1.807, 2.05) is 0 Å². The molecular formula is C11H16N2O3. The molecule has 0 aliphatic carbocycles. The Hall–Kier alpha value is -1.75. The molecule has 0 aromatic heterocycles. The maximum absolute atomic E-state index is 11.4. The van der Waals surface area contributed by atoms with Crippen LogP contribution in [0.1, 0.15) is 10.4 Å². The normalized spacial score (nSPS) is 9.88. The van der Waals surface area contributed by atoms with Crippen molar-refractivity contribution >= 4 is 11.6 Å². The first-order chi connectivity index (χ1) is 7.69. The molecule has 1 rings (SSSR count). The van der Waals surface area contributed by atoms with Gasteiger partial charge in [-0.15, -0.1) is 0 Å². The summed E-state index contributed by atoms with van der Waals surface area (Å²) in [6, 6.07) is 4.98. The molecule has 5 heteroatoms. The molecule has 0 heterocycles. The number of amides is 1. The number of benzene rings is 1. The minimum atomic E-state index is -0.227. The minimum absolute atomic E-state index is 0.227. The van der Waals surface area contributed by atoms with Gasteiger partial charge in [0.25, 0.3) is 5.91 Å². The third kappa shape index (κ3) is 3.13. The molecular weight excluding hydrogens is 208 g/mol. The number of nitrogens with two attached hydrogens (primary N) is 1. The smallest absolute Gasteiger partial charge is 0.253 e. The van der Waals surface area contributed by atoms with Crippen molar-refractivity contribution in [2.45, 2.75) is 0 Å². The molecule has 88 valence electrons. The lowest BCUT2D eigenvalue weighted by Crippen LogP contribution is -2.19. The molecule has 0 unspecified atom stereocenters. The standard InChI is InChI=1S/C11H16N2O3/c1-13-11(14)9-7-8(3-4-10(9)12)16-6-5-15-2/h3-4,7H,5-6,12H2,1-2H3,(H,13,14). The maximum atomic E-state index is 11.4. The van der Waals surface area contributed by atoms with E-state index in [9.17, 15) is 4.79 Å². The predicted molar refractivity (Wildman–Crippen MR) is 61.6 cm³/mol. The highest BCUT2D eigenvalue weighted by molar-refractivity contribution is 5.99.